The Morgan fingerprint density at radius 3 is 2.34 bits per heavy atom. The van der Waals surface area contributed by atoms with Gasteiger partial charge in [0.05, 0.1) is 12.3 Å². The van der Waals surface area contributed by atoms with Gasteiger partial charge in [0, 0.05) is 17.3 Å². The van der Waals surface area contributed by atoms with Crippen LogP contribution < -0.4 is 15.6 Å². The molecule has 1 heterocycles. The van der Waals surface area contributed by atoms with Crippen LogP contribution in [0.2, 0.25) is 0 Å². The van der Waals surface area contributed by atoms with Gasteiger partial charge in [-0.15, -0.1) is 0 Å². The number of carbonyl (C=O) groups is 1. The highest BCUT2D eigenvalue weighted by Crippen LogP contribution is 2.21. The molecule has 0 spiro atoms. The Balaban J connectivity index is 1.84. The topological polar surface area (TPSA) is 73.2 Å². The first-order valence-electron chi connectivity index (χ1n) is 9.59. The fourth-order valence-electron chi connectivity index (χ4n) is 3.15. The maximum atomic E-state index is 12.7. The number of anilines is 1. The first kappa shape index (κ1) is 20.3. The molecular weight excluding hydrogens is 366 g/mol. The van der Waals surface area contributed by atoms with Gasteiger partial charge in [-0.1, -0.05) is 6.07 Å². The van der Waals surface area contributed by atoms with Crippen LogP contribution in [0.3, 0.4) is 0 Å². The zero-order valence-corrected chi connectivity index (χ0v) is 17.1. The van der Waals surface area contributed by atoms with E-state index >= 15 is 0 Å². The van der Waals surface area contributed by atoms with Crippen molar-refractivity contribution in [1.29, 1.82) is 0 Å². The van der Waals surface area contributed by atoms with E-state index in [4.69, 9.17) is 4.74 Å². The molecule has 1 unspecified atom stereocenters. The molecule has 0 fully saturated rings. The van der Waals surface area contributed by atoms with E-state index in [1.165, 1.54) is 10.7 Å². The van der Waals surface area contributed by atoms with Gasteiger partial charge in [-0.25, -0.2) is 4.68 Å². The van der Waals surface area contributed by atoms with Crippen molar-refractivity contribution in [2.75, 3.05) is 11.9 Å². The molecule has 0 bridgehead atoms. The summed E-state index contributed by atoms with van der Waals surface area (Å²) in [7, 11) is 0. The van der Waals surface area contributed by atoms with Gasteiger partial charge < -0.3 is 10.1 Å². The van der Waals surface area contributed by atoms with Crippen molar-refractivity contribution in [3.05, 3.63) is 76.1 Å². The van der Waals surface area contributed by atoms with Crippen LogP contribution in [0, 0.1) is 13.8 Å². The van der Waals surface area contributed by atoms with Gasteiger partial charge in [0.25, 0.3) is 5.56 Å². The standard InChI is InChI=1S/C23H25N3O3/c1-5-29-20-8-6-18(7-9-20)21-10-11-22(27)26(25-21)17(4)23(28)24-19-13-15(2)12-16(3)14-19/h6-14,17H,5H2,1-4H3,(H,24,28). The molecule has 1 amide bonds. The SMILES string of the molecule is CCOc1ccc(-c2ccc(=O)n(C(C)C(=O)Nc3cc(C)cc(C)c3)n2)cc1. The Bertz CT molecular complexity index is 1050. The largest absolute Gasteiger partial charge is 0.494 e. The van der Waals surface area contributed by atoms with E-state index in [0.717, 1.165) is 22.4 Å². The molecule has 0 aliphatic heterocycles. The maximum Gasteiger partial charge on any atom is 0.267 e. The number of hydrogen-bond donors (Lipinski definition) is 1. The minimum absolute atomic E-state index is 0.298. The molecule has 2 aromatic carbocycles. The molecule has 0 aliphatic rings. The number of rotatable bonds is 6. The summed E-state index contributed by atoms with van der Waals surface area (Å²) in [5.74, 6) is 0.471. The van der Waals surface area contributed by atoms with Gasteiger partial charge in [-0.3, -0.25) is 9.59 Å². The molecule has 6 nitrogen and oxygen atoms in total. The lowest BCUT2D eigenvalue weighted by Crippen LogP contribution is -2.33. The number of nitrogens with one attached hydrogen (secondary N) is 1. The summed E-state index contributed by atoms with van der Waals surface area (Å²) in [4.78, 5) is 25.1. The molecule has 1 atom stereocenters. The second-order valence-electron chi connectivity index (χ2n) is 7.00. The number of nitrogens with zero attached hydrogens (tertiary/aromatic N) is 2. The zero-order valence-electron chi connectivity index (χ0n) is 17.1. The van der Waals surface area contributed by atoms with E-state index in [9.17, 15) is 9.59 Å². The van der Waals surface area contributed by atoms with Crippen molar-refractivity contribution < 1.29 is 9.53 Å². The number of hydrogen-bond acceptors (Lipinski definition) is 4. The summed E-state index contributed by atoms with van der Waals surface area (Å²) in [6, 6.07) is 15.6. The first-order chi connectivity index (χ1) is 13.9. The molecule has 0 saturated carbocycles. The van der Waals surface area contributed by atoms with Gasteiger partial charge in [0.2, 0.25) is 5.91 Å². The summed E-state index contributed by atoms with van der Waals surface area (Å²) in [5, 5.41) is 7.29. The third-order valence-corrected chi connectivity index (χ3v) is 4.52. The predicted molar refractivity (Wildman–Crippen MR) is 114 cm³/mol. The Kier molecular flexibility index (Phi) is 6.12. The first-order valence-corrected chi connectivity index (χ1v) is 9.59. The fraction of sp³-hybridized carbons (Fsp3) is 0.261. The van der Waals surface area contributed by atoms with Gasteiger partial charge in [0.15, 0.2) is 0 Å². The normalized spacial score (nSPS) is 11.7. The summed E-state index contributed by atoms with van der Waals surface area (Å²) in [5.41, 5.74) is 3.93. The third-order valence-electron chi connectivity index (χ3n) is 4.52. The summed E-state index contributed by atoms with van der Waals surface area (Å²) < 4.78 is 6.67. The van der Waals surface area contributed by atoms with Crippen LogP contribution in [0.5, 0.6) is 5.75 Å². The number of aryl methyl sites for hydroxylation is 2. The molecule has 3 rings (SSSR count). The van der Waals surface area contributed by atoms with Crippen LogP contribution in [0.15, 0.2) is 59.4 Å². The average molecular weight is 391 g/mol. The van der Waals surface area contributed by atoms with Crippen LogP contribution in [0.25, 0.3) is 11.3 Å². The number of ether oxygens (including phenoxy) is 1. The monoisotopic (exact) mass is 391 g/mol. The number of benzene rings is 2. The van der Waals surface area contributed by atoms with E-state index in [2.05, 4.69) is 10.4 Å². The van der Waals surface area contributed by atoms with Crippen molar-refractivity contribution in [1.82, 2.24) is 9.78 Å². The molecule has 29 heavy (non-hydrogen) atoms. The van der Waals surface area contributed by atoms with Crippen LogP contribution in [0.1, 0.15) is 31.0 Å². The Hall–Kier alpha value is -3.41. The van der Waals surface area contributed by atoms with Crippen molar-refractivity contribution >= 4 is 11.6 Å². The summed E-state index contributed by atoms with van der Waals surface area (Å²) in [6.45, 7) is 8.12. The second kappa shape index (κ2) is 8.73. The molecule has 0 aliphatic carbocycles. The second-order valence-corrected chi connectivity index (χ2v) is 7.00. The third kappa shape index (κ3) is 4.90. The molecule has 3 aromatic rings. The van der Waals surface area contributed by atoms with E-state index in [0.29, 0.717) is 18.0 Å². The number of carbonyl (C=O) groups excluding carboxylic acids is 1. The Morgan fingerprint density at radius 1 is 1.07 bits per heavy atom. The van der Waals surface area contributed by atoms with Gasteiger partial charge in [-0.2, -0.15) is 5.10 Å². The minimum atomic E-state index is -0.758. The minimum Gasteiger partial charge on any atom is -0.494 e. The average Bonchev–Trinajstić information content (AvgIpc) is 2.68. The fourth-order valence-corrected chi connectivity index (χ4v) is 3.15. The molecular formula is C23H25N3O3. The van der Waals surface area contributed by atoms with E-state index in [-0.39, 0.29) is 11.5 Å². The molecule has 6 heteroatoms. The smallest absolute Gasteiger partial charge is 0.267 e. The predicted octanol–water partition coefficient (Wildman–Crippen LogP) is 4.13. The van der Waals surface area contributed by atoms with Crippen molar-refractivity contribution in [2.24, 2.45) is 0 Å². The van der Waals surface area contributed by atoms with E-state index in [1.54, 1.807) is 13.0 Å². The van der Waals surface area contributed by atoms with Gasteiger partial charge >= 0.3 is 0 Å². The molecule has 150 valence electrons. The quantitative estimate of drug-likeness (QED) is 0.686. The molecule has 1 N–H and O–H groups in total. The Morgan fingerprint density at radius 2 is 1.72 bits per heavy atom. The maximum absolute atomic E-state index is 12.7. The van der Waals surface area contributed by atoms with Crippen LogP contribution >= 0.6 is 0 Å². The van der Waals surface area contributed by atoms with Crippen molar-refractivity contribution in [3.63, 3.8) is 0 Å². The summed E-state index contributed by atoms with van der Waals surface area (Å²) >= 11 is 0. The molecule has 1 aromatic heterocycles. The number of aromatic nitrogens is 2. The lowest BCUT2D eigenvalue weighted by atomic mass is 10.1. The van der Waals surface area contributed by atoms with Gasteiger partial charge in [0.1, 0.15) is 11.8 Å². The highest BCUT2D eigenvalue weighted by molar-refractivity contribution is 5.93. The number of amides is 1. The zero-order chi connectivity index (χ0) is 21.0. The molecule has 0 radical (unpaired) electrons. The summed E-state index contributed by atoms with van der Waals surface area (Å²) in [6.07, 6.45) is 0. The van der Waals surface area contributed by atoms with Crippen LogP contribution in [0.4, 0.5) is 5.69 Å². The molecule has 0 saturated heterocycles. The van der Waals surface area contributed by atoms with Gasteiger partial charge in [-0.05, 0) is 81.3 Å². The van der Waals surface area contributed by atoms with E-state index in [1.807, 2.05) is 63.2 Å². The Labute approximate surface area is 170 Å². The van der Waals surface area contributed by atoms with Crippen LogP contribution in [-0.2, 0) is 4.79 Å². The highest BCUT2D eigenvalue weighted by atomic mass is 16.5. The van der Waals surface area contributed by atoms with Crippen molar-refractivity contribution in [3.8, 4) is 17.0 Å². The van der Waals surface area contributed by atoms with Crippen LogP contribution in [-0.4, -0.2) is 22.3 Å². The lowest BCUT2D eigenvalue weighted by Gasteiger charge is -2.16. The van der Waals surface area contributed by atoms with Crippen molar-refractivity contribution in [2.45, 2.75) is 33.7 Å². The highest BCUT2D eigenvalue weighted by Gasteiger charge is 2.18. The lowest BCUT2D eigenvalue weighted by molar-refractivity contribution is -0.119. The van der Waals surface area contributed by atoms with E-state index < -0.39 is 6.04 Å².